The molecule has 0 heterocycles. The Hall–Kier alpha value is -2.84. The predicted octanol–water partition coefficient (Wildman–Crippen LogP) is 3.81. The van der Waals surface area contributed by atoms with Crippen LogP contribution in [0.3, 0.4) is 0 Å². The highest BCUT2D eigenvalue weighted by atomic mass is 16.6. The van der Waals surface area contributed by atoms with Crippen molar-refractivity contribution < 1.29 is 14.8 Å². The number of nitro benzene ring substituents is 1. The van der Waals surface area contributed by atoms with Gasteiger partial charge >= 0.3 is 0 Å². The van der Waals surface area contributed by atoms with Crippen LogP contribution in [0, 0.1) is 22.5 Å². The molecule has 0 aliphatic rings. The number of benzene rings is 2. The third kappa shape index (κ3) is 3.92. The summed E-state index contributed by atoms with van der Waals surface area (Å²) in [7, 11) is 0. The summed E-state index contributed by atoms with van der Waals surface area (Å²) in [5, 5.41) is 21.8. The minimum absolute atomic E-state index is 0.0520. The largest absolute Gasteiger partial charge is 0.481 e. The van der Waals surface area contributed by atoms with Gasteiger partial charge in [-0.2, -0.15) is 0 Å². The van der Waals surface area contributed by atoms with Crippen molar-refractivity contribution in [2.75, 3.05) is 6.61 Å². The summed E-state index contributed by atoms with van der Waals surface area (Å²) >= 11 is 0. The molecule has 5 nitrogen and oxygen atoms in total. The van der Waals surface area contributed by atoms with Crippen molar-refractivity contribution in [1.29, 1.82) is 0 Å². The van der Waals surface area contributed by atoms with E-state index in [1.165, 1.54) is 18.2 Å². The Morgan fingerprint density at radius 3 is 2.38 bits per heavy atom. The van der Waals surface area contributed by atoms with Crippen molar-refractivity contribution in [3.05, 3.63) is 69.3 Å². The maximum atomic E-state index is 11.2. The standard InChI is InChI=1S/C19H19NO4/c1-4-11-24-16-9-10-18(20(22)23)17(12-16)19(21)15-7-5-14(6-8-15)13(2)3/h1,5-10,12-13,19,21H,11H2,2-3H3/t19-/m1/s1. The third-order valence-corrected chi connectivity index (χ3v) is 3.73. The van der Waals surface area contributed by atoms with Gasteiger partial charge in [0.1, 0.15) is 18.5 Å². The molecule has 124 valence electrons. The lowest BCUT2D eigenvalue weighted by atomic mass is 9.96. The maximum absolute atomic E-state index is 11.2. The minimum Gasteiger partial charge on any atom is -0.481 e. The van der Waals surface area contributed by atoms with Crippen LogP contribution in [-0.2, 0) is 0 Å². The molecule has 0 saturated heterocycles. The molecule has 0 saturated carbocycles. The monoisotopic (exact) mass is 325 g/mol. The zero-order valence-corrected chi connectivity index (χ0v) is 13.6. The first-order chi connectivity index (χ1) is 11.4. The number of aliphatic hydroxyl groups excluding tert-OH is 1. The van der Waals surface area contributed by atoms with Crippen LogP contribution in [0.15, 0.2) is 42.5 Å². The lowest BCUT2D eigenvalue weighted by Gasteiger charge is -2.14. The molecule has 0 radical (unpaired) electrons. The number of terminal acetylenes is 1. The molecule has 0 bridgehead atoms. The fourth-order valence-electron chi connectivity index (χ4n) is 2.38. The van der Waals surface area contributed by atoms with E-state index in [-0.39, 0.29) is 17.9 Å². The van der Waals surface area contributed by atoms with Crippen LogP contribution in [-0.4, -0.2) is 16.6 Å². The number of ether oxygens (including phenoxy) is 1. The van der Waals surface area contributed by atoms with E-state index < -0.39 is 11.0 Å². The van der Waals surface area contributed by atoms with Gasteiger partial charge in [0.2, 0.25) is 0 Å². The fraction of sp³-hybridized carbons (Fsp3) is 0.263. The highest BCUT2D eigenvalue weighted by Gasteiger charge is 2.23. The Bertz CT molecular complexity index is 760. The molecule has 1 N–H and O–H groups in total. The van der Waals surface area contributed by atoms with E-state index in [2.05, 4.69) is 19.8 Å². The summed E-state index contributed by atoms with van der Waals surface area (Å²) in [4.78, 5) is 10.7. The lowest BCUT2D eigenvalue weighted by molar-refractivity contribution is -0.386. The smallest absolute Gasteiger partial charge is 0.275 e. The second-order valence-electron chi connectivity index (χ2n) is 5.69. The highest BCUT2D eigenvalue weighted by Crippen LogP contribution is 2.33. The van der Waals surface area contributed by atoms with Gasteiger partial charge in [-0.1, -0.05) is 44.0 Å². The summed E-state index contributed by atoms with van der Waals surface area (Å²) in [5.41, 5.74) is 1.72. The zero-order chi connectivity index (χ0) is 17.7. The lowest BCUT2D eigenvalue weighted by Crippen LogP contribution is -2.05. The fourth-order valence-corrected chi connectivity index (χ4v) is 2.38. The SMILES string of the molecule is C#CCOc1ccc([N+](=O)[O-])c([C@H](O)c2ccc(C(C)C)cc2)c1. The zero-order valence-electron chi connectivity index (χ0n) is 13.6. The van der Waals surface area contributed by atoms with Crippen molar-refractivity contribution in [3.63, 3.8) is 0 Å². The Balaban J connectivity index is 2.40. The summed E-state index contributed by atoms with van der Waals surface area (Å²) in [6, 6.07) is 11.6. The molecule has 0 aliphatic heterocycles. The van der Waals surface area contributed by atoms with E-state index in [1.807, 2.05) is 12.1 Å². The number of hydrogen-bond donors (Lipinski definition) is 1. The van der Waals surface area contributed by atoms with Crippen LogP contribution in [0.1, 0.15) is 42.6 Å². The van der Waals surface area contributed by atoms with Crippen molar-refractivity contribution in [1.82, 2.24) is 0 Å². The molecule has 24 heavy (non-hydrogen) atoms. The molecule has 0 aliphatic carbocycles. The van der Waals surface area contributed by atoms with E-state index in [9.17, 15) is 15.2 Å². The van der Waals surface area contributed by atoms with Gasteiger partial charge in [-0.05, 0) is 29.2 Å². The molecule has 2 aromatic rings. The Kier molecular flexibility index (Phi) is 5.56. The summed E-state index contributed by atoms with van der Waals surface area (Å²) < 4.78 is 5.30. The summed E-state index contributed by atoms with van der Waals surface area (Å²) in [5.74, 6) is 3.08. The summed E-state index contributed by atoms with van der Waals surface area (Å²) in [6.45, 7) is 4.20. The van der Waals surface area contributed by atoms with Crippen LogP contribution in [0.5, 0.6) is 5.75 Å². The van der Waals surface area contributed by atoms with Crippen LogP contribution < -0.4 is 4.74 Å². The topological polar surface area (TPSA) is 72.6 Å². The van der Waals surface area contributed by atoms with Gasteiger partial charge in [0.25, 0.3) is 5.69 Å². The summed E-state index contributed by atoms with van der Waals surface area (Å²) in [6.07, 6.45) is 4.03. The average Bonchev–Trinajstić information content (AvgIpc) is 2.59. The molecule has 0 spiro atoms. The third-order valence-electron chi connectivity index (χ3n) is 3.73. The highest BCUT2D eigenvalue weighted by molar-refractivity contribution is 5.49. The second-order valence-corrected chi connectivity index (χ2v) is 5.69. The van der Waals surface area contributed by atoms with Crippen molar-refractivity contribution >= 4 is 5.69 Å². The molecule has 0 aromatic heterocycles. The van der Waals surface area contributed by atoms with Crippen LogP contribution in [0.25, 0.3) is 0 Å². The van der Waals surface area contributed by atoms with Crippen LogP contribution >= 0.6 is 0 Å². The van der Waals surface area contributed by atoms with E-state index in [1.54, 1.807) is 12.1 Å². The van der Waals surface area contributed by atoms with Gasteiger partial charge in [0, 0.05) is 6.07 Å². The molecule has 2 aromatic carbocycles. The van der Waals surface area contributed by atoms with E-state index in [0.717, 1.165) is 5.56 Å². The second kappa shape index (κ2) is 7.62. The van der Waals surface area contributed by atoms with Crippen LogP contribution in [0.2, 0.25) is 0 Å². The predicted molar refractivity (Wildman–Crippen MR) is 92.0 cm³/mol. The van der Waals surface area contributed by atoms with Crippen molar-refractivity contribution in [3.8, 4) is 18.1 Å². The first-order valence-corrected chi connectivity index (χ1v) is 7.56. The molecule has 5 heteroatoms. The van der Waals surface area contributed by atoms with E-state index >= 15 is 0 Å². The van der Waals surface area contributed by atoms with Crippen molar-refractivity contribution in [2.45, 2.75) is 25.9 Å². The molecular weight excluding hydrogens is 306 g/mol. The Labute approximate surface area is 141 Å². The van der Waals surface area contributed by atoms with Gasteiger partial charge in [-0.25, -0.2) is 0 Å². The first-order valence-electron chi connectivity index (χ1n) is 7.56. The minimum atomic E-state index is -1.12. The molecule has 1 atom stereocenters. The number of aliphatic hydroxyl groups is 1. The normalized spacial score (nSPS) is 11.8. The molecular formula is C19H19NO4. The van der Waals surface area contributed by atoms with Gasteiger partial charge in [0.15, 0.2) is 0 Å². The van der Waals surface area contributed by atoms with Gasteiger partial charge in [-0.3, -0.25) is 10.1 Å². The molecule has 0 unspecified atom stereocenters. The maximum Gasteiger partial charge on any atom is 0.275 e. The number of nitro groups is 1. The van der Waals surface area contributed by atoms with E-state index in [4.69, 9.17) is 11.2 Å². The average molecular weight is 325 g/mol. The van der Waals surface area contributed by atoms with Gasteiger partial charge in [-0.15, -0.1) is 6.42 Å². The van der Waals surface area contributed by atoms with Crippen LogP contribution in [0.4, 0.5) is 5.69 Å². The van der Waals surface area contributed by atoms with Gasteiger partial charge in [0.05, 0.1) is 10.5 Å². The van der Waals surface area contributed by atoms with Gasteiger partial charge < -0.3 is 9.84 Å². The molecule has 0 fully saturated rings. The van der Waals surface area contributed by atoms with Crippen molar-refractivity contribution in [2.24, 2.45) is 0 Å². The number of rotatable bonds is 6. The first kappa shape index (κ1) is 17.5. The number of nitrogens with zero attached hydrogens (tertiary/aromatic N) is 1. The Morgan fingerprint density at radius 1 is 1.21 bits per heavy atom. The number of hydrogen-bond acceptors (Lipinski definition) is 4. The Morgan fingerprint density at radius 2 is 1.83 bits per heavy atom. The molecule has 2 rings (SSSR count). The molecule has 0 amide bonds. The quantitative estimate of drug-likeness (QED) is 0.498. The van der Waals surface area contributed by atoms with E-state index in [0.29, 0.717) is 17.2 Å².